The van der Waals surface area contributed by atoms with Crippen LogP contribution in [0.5, 0.6) is 5.75 Å². The summed E-state index contributed by atoms with van der Waals surface area (Å²) in [5.74, 6) is 0.152. The van der Waals surface area contributed by atoms with Gasteiger partial charge in [-0.25, -0.2) is 4.79 Å². The number of hydrogen-bond donors (Lipinski definition) is 3. The van der Waals surface area contributed by atoms with Crippen molar-refractivity contribution in [3.05, 3.63) is 73.8 Å². The van der Waals surface area contributed by atoms with Gasteiger partial charge in [0.15, 0.2) is 0 Å². The molecule has 0 radical (unpaired) electrons. The Bertz CT molecular complexity index is 1450. The van der Waals surface area contributed by atoms with Crippen LogP contribution in [0.1, 0.15) is 40.9 Å². The highest BCUT2D eigenvalue weighted by atomic mass is 35.5. The van der Waals surface area contributed by atoms with E-state index in [2.05, 4.69) is 10.6 Å². The van der Waals surface area contributed by atoms with Crippen molar-refractivity contribution in [3.8, 4) is 11.4 Å². The van der Waals surface area contributed by atoms with Crippen LogP contribution >= 0.6 is 22.9 Å². The molecule has 218 valence electrons. The maximum absolute atomic E-state index is 13.4. The average molecular weight is 601 g/mol. The Morgan fingerprint density at radius 3 is 2.71 bits per heavy atom. The summed E-state index contributed by atoms with van der Waals surface area (Å²) in [6, 6.07) is 12.5. The first-order chi connectivity index (χ1) is 19.8. The lowest BCUT2D eigenvalue weighted by molar-refractivity contribution is 0.0920. The number of halogens is 1. The minimum atomic E-state index is -0.530. The van der Waals surface area contributed by atoms with Gasteiger partial charge >= 0.3 is 6.09 Å². The Morgan fingerprint density at radius 2 is 1.98 bits per heavy atom. The van der Waals surface area contributed by atoms with E-state index in [4.69, 9.17) is 21.1 Å². The molecule has 10 nitrogen and oxygen atoms in total. The predicted molar refractivity (Wildman–Crippen MR) is 158 cm³/mol. The molecule has 3 heterocycles. The number of benzene rings is 1. The van der Waals surface area contributed by atoms with Crippen LogP contribution in [0.15, 0.2) is 53.5 Å². The number of aliphatic hydroxyl groups is 1. The number of nitrogens with one attached hydrogen (secondary N) is 2. The van der Waals surface area contributed by atoms with E-state index in [9.17, 15) is 19.5 Å². The fraction of sp³-hybridized carbons (Fsp3) is 0.414. The van der Waals surface area contributed by atoms with Crippen molar-refractivity contribution in [2.45, 2.75) is 50.4 Å². The van der Waals surface area contributed by atoms with Crippen molar-refractivity contribution in [3.63, 3.8) is 0 Å². The molecule has 0 bridgehead atoms. The molecule has 0 spiro atoms. The number of nitrogens with zero attached hydrogens (tertiary/aromatic N) is 2. The van der Waals surface area contributed by atoms with E-state index in [1.807, 2.05) is 12.1 Å². The number of ether oxygens (including phenoxy) is 2. The first-order valence-corrected chi connectivity index (χ1v) is 14.8. The fourth-order valence-corrected chi connectivity index (χ4v) is 6.17. The zero-order valence-corrected chi connectivity index (χ0v) is 24.2. The van der Waals surface area contributed by atoms with Gasteiger partial charge in [0.25, 0.3) is 11.5 Å². The Labute approximate surface area is 246 Å². The molecule has 3 N–H and O–H groups in total. The topological polar surface area (TPSA) is 122 Å². The Morgan fingerprint density at radius 1 is 1.17 bits per heavy atom. The number of carbonyl (C=O) groups is 2. The molecule has 2 aliphatic rings. The van der Waals surface area contributed by atoms with Crippen molar-refractivity contribution in [1.82, 2.24) is 15.2 Å². The van der Waals surface area contributed by atoms with Crippen molar-refractivity contribution in [1.29, 1.82) is 0 Å². The second-order valence-electron chi connectivity index (χ2n) is 10.2. The molecular formula is C29H33ClN4O6S. The van der Waals surface area contributed by atoms with Gasteiger partial charge in [0.2, 0.25) is 0 Å². The number of hydrogen-bond acceptors (Lipinski definition) is 8. The highest BCUT2D eigenvalue weighted by molar-refractivity contribution is 7.18. The quantitative estimate of drug-likeness (QED) is 0.324. The number of thiophene rings is 1. The van der Waals surface area contributed by atoms with Gasteiger partial charge in [-0.05, 0) is 69.0 Å². The van der Waals surface area contributed by atoms with Crippen LogP contribution in [0.3, 0.4) is 0 Å². The van der Waals surface area contributed by atoms with Crippen molar-refractivity contribution in [2.24, 2.45) is 0 Å². The molecule has 1 atom stereocenters. The molecular weight excluding hydrogens is 568 g/mol. The molecule has 1 aliphatic heterocycles. The Hall–Kier alpha value is -3.38. The summed E-state index contributed by atoms with van der Waals surface area (Å²) in [6.45, 7) is 1.08. The van der Waals surface area contributed by atoms with Gasteiger partial charge in [-0.3, -0.25) is 19.1 Å². The number of pyridine rings is 1. The van der Waals surface area contributed by atoms with Crippen molar-refractivity contribution >= 4 is 40.6 Å². The number of carbonyl (C=O) groups excluding carboxylic acids is 2. The Balaban J connectivity index is 1.23. The molecule has 2 amide bonds. The van der Waals surface area contributed by atoms with Crippen LogP contribution in [0.4, 0.5) is 10.5 Å². The van der Waals surface area contributed by atoms with Gasteiger partial charge in [-0.15, -0.1) is 11.3 Å². The molecule has 5 rings (SSSR count). The first kappa shape index (κ1) is 29.1. The van der Waals surface area contributed by atoms with Gasteiger partial charge in [0.1, 0.15) is 11.9 Å². The molecule has 2 fully saturated rings. The number of amides is 2. The second-order valence-corrected chi connectivity index (χ2v) is 11.9. The third-order valence-electron chi connectivity index (χ3n) is 7.45. The van der Waals surface area contributed by atoms with Crippen molar-refractivity contribution < 1.29 is 24.2 Å². The van der Waals surface area contributed by atoms with Crippen LogP contribution < -0.4 is 25.8 Å². The van der Waals surface area contributed by atoms with Crippen molar-refractivity contribution in [2.75, 3.05) is 31.6 Å². The fourth-order valence-electron chi connectivity index (χ4n) is 5.21. The van der Waals surface area contributed by atoms with E-state index in [-0.39, 0.29) is 30.7 Å². The standard InChI is InChI=1S/C29H33ClN4O6S/c1-39-24-15-20(34-17-22(40-29(34)38)16-32-27(36)25-10-11-26(30)41-25)6-9-23(24)33-14-2-3-18(28(33)37)12-13-31-19-4-7-21(35)8-5-19/h2-3,6,9-11,14-15,19,21-22,31,35H,4-5,7-8,12-13,16-17H2,1H3,(H,32,36)/t19-,21-,22-/m0/s1. The highest BCUT2D eigenvalue weighted by Crippen LogP contribution is 2.30. The van der Waals surface area contributed by atoms with Gasteiger partial charge in [-0.1, -0.05) is 17.7 Å². The predicted octanol–water partition coefficient (Wildman–Crippen LogP) is 3.75. The molecule has 1 saturated heterocycles. The van der Waals surface area contributed by atoms with Crippen LogP contribution in [-0.4, -0.2) is 66.7 Å². The lowest BCUT2D eigenvalue weighted by atomic mass is 9.93. The van der Waals surface area contributed by atoms with E-state index in [0.717, 1.165) is 25.7 Å². The first-order valence-electron chi connectivity index (χ1n) is 13.6. The average Bonchev–Trinajstić information content (AvgIpc) is 3.58. The molecule has 12 heteroatoms. The molecule has 3 aromatic rings. The molecule has 41 heavy (non-hydrogen) atoms. The second kappa shape index (κ2) is 13.1. The normalized spacial score (nSPS) is 20.6. The summed E-state index contributed by atoms with van der Waals surface area (Å²) in [5.41, 5.74) is 1.66. The zero-order valence-electron chi connectivity index (χ0n) is 22.7. The lowest BCUT2D eigenvalue weighted by Crippen LogP contribution is -2.36. The lowest BCUT2D eigenvalue weighted by Gasteiger charge is -2.26. The number of anilines is 1. The highest BCUT2D eigenvalue weighted by Gasteiger charge is 2.33. The van der Waals surface area contributed by atoms with E-state index >= 15 is 0 Å². The van der Waals surface area contributed by atoms with E-state index in [1.54, 1.807) is 41.1 Å². The van der Waals surface area contributed by atoms with Gasteiger partial charge < -0.3 is 25.2 Å². The molecule has 1 saturated carbocycles. The molecule has 1 aromatic carbocycles. The van der Waals surface area contributed by atoms with Gasteiger partial charge in [-0.2, -0.15) is 0 Å². The third-order valence-corrected chi connectivity index (χ3v) is 8.68. The van der Waals surface area contributed by atoms with E-state index in [0.29, 0.717) is 50.9 Å². The largest absolute Gasteiger partial charge is 0.494 e. The minimum Gasteiger partial charge on any atom is -0.494 e. The van der Waals surface area contributed by atoms with Crippen LogP contribution in [0.2, 0.25) is 4.34 Å². The smallest absolute Gasteiger partial charge is 0.414 e. The molecule has 2 aromatic heterocycles. The Kier molecular flexibility index (Phi) is 9.29. The maximum atomic E-state index is 13.4. The summed E-state index contributed by atoms with van der Waals surface area (Å²) in [7, 11) is 1.51. The maximum Gasteiger partial charge on any atom is 0.414 e. The van der Waals surface area contributed by atoms with Gasteiger partial charge in [0.05, 0.1) is 46.9 Å². The summed E-state index contributed by atoms with van der Waals surface area (Å²) >= 11 is 7.08. The van der Waals surface area contributed by atoms with Crippen LogP contribution in [0.25, 0.3) is 5.69 Å². The molecule has 0 unspecified atom stereocenters. The number of methoxy groups -OCH3 is 1. The third kappa shape index (κ3) is 6.92. The SMILES string of the molecule is COc1cc(N2C[C@H](CNC(=O)c3ccc(Cl)s3)OC2=O)ccc1-n1cccc(CCN[C@H]2CC[C@H](O)CC2)c1=O. The summed E-state index contributed by atoms with van der Waals surface area (Å²) < 4.78 is 13.2. The number of cyclic esters (lactones) is 1. The van der Waals surface area contributed by atoms with Crippen LogP contribution in [0, 0.1) is 0 Å². The number of rotatable bonds is 10. The van der Waals surface area contributed by atoms with E-state index in [1.165, 1.54) is 23.3 Å². The summed E-state index contributed by atoms with van der Waals surface area (Å²) in [6.07, 6.45) is 4.52. The minimum absolute atomic E-state index is 0.136. The summed E-state index contributed by atoms with van der Waals surface area (Å²) in [4.78, 5) is 40.3. The summed E-state index contributed by atoms with van der Waals surface area (Å²) in [5, 5.41) is 16.0. The number of aliphatic hydroxyl groups excluding tert-OH is 1. The zero-order chi connectivity index (χ0) is 28.9. The van der Waals surface area contributed by atoms with Gasteiger partial charge in [0, 0.05) is 23.9 Å². The number of aromatic nitrogens is 1. The van der Waals surface area contributed by atoms with E-state index < -0.39 is 12.2 Å². The van der Waals surface area contributed by atoms with Crippen LogP contribution in [-0.2, 0) is 11.2 Å². The molecule has 1 aliphatic carbocycles. The monoisotopic (exact) mass is 600 g/mol.